The van der Waals surface area contributed by atoms with Gasteiger partial charge in [-0.15, -0.1) is 0 Å². The molecule has 0 saturated carbocycles. The zero-order valence-corrected chi connectivity index (χ0v) is 13.1. The summed E-state index contributed by atoms with van der Waals surface area (Å²) >= 11 is 0. The smallest absolute Gasteiger partial charge is 0.143 e. The Morgan fingerprint density at radius 3 is 2.73 bits per heavy atom. The maximum atomic E-state index is 5.83. The lowest BCUT2D eigenvalue weighted by atomic mass is 10.1. The maximum absolute atomic E-state index is 5.83. The van der Waals surface area contributed by atoms with Crippen LogP contribution < -0.4 is 26.8 Å². The molecule has 1 aliphatic rings. The zero-order chi connectivity index (χ0) is 15.9. The van der Waals surface area contributed by atoms with Crippen LogP contribution in [0.1, 0.15) is 6.42 Å². The fourth-order valence-corrected chi connectivity index (χ4v) is 2.33. The number of nitrogens with one attached hydrogen (secondary N) is 2. The van der Waals surface area contributed by atoms with E-state index in [4.69, 9.17) is 20.9 Å². The van der Waals surface area contributed by atoms with E-state index in [1.807, 2.05) is 24.3 Å². The highest BCUT2D eigenvalue weighted by Gasteiger charge is 2.14. The molecule has 0 saturated heterocycles. The topological polar surface area (TPSA) is 94.6 Å². The molecule has 0 bridgehead atoms. The SMILES string of the molecule is COC1=C(N)C=CC(NCCNc2ccc(N)c(OC)c2)C1. The van der Waals surface area contributed by atoms with Crippen molar-refractivity contribution in [3.63, 3.8) is 0 Å². The molecule has 0 heterocycles. The highest BCUT2D eigenvalue weighted by molar-refractivity contribution is 5.61. The molecule has 1 aromatic rings. The van der Waals surface area contributed by atoms with Gasteiger partial charge in [-0.3, -0.25) is 0 Å². The van der Waals surface area contributed by atoms with Gasteiger partial charge < -0.3 is 31.6 Å². The fraction of sp³-hybridized carbons (Fsp3) is 0.375. The second kappa shape index (κ2) is 7.61. The minimum atomic E-state index is 0.241. The van der Waals surface area contributed by atoms with Crippen LogP contribution in [0.4, 0.5) is 11.4 Å². The van der Waals surface area contributed by atoms with Gasteiger partial charge in [0.25, 0.3) is 0 Å². The summed E-state index contributed by atoms with van der Waals surface area (Å²) in [5.74, 6) is 1.51. The molecule has 0 aromatic heterocycles. The molecule has 0 amide bonds. The van der Waals surface area contributed by atoms with Gasteiger partial charge in [0.1, 0.15) is 11.5 Å². The number of nitrogens with two attached hydrogens (primary N) is 2. The number of nitrogen functional groups attached to an aromatic ring is 1. The van der Waals surface area contributed by atoms with E-state index in [-0.39, 0.29) is 6.04 Å². The van der Waals surface area contributed by atoms with Gasteiger partial charge in [0.15, 0.2) is 0 Å². The average Bonchev–Trinajstić information content (AvgIpc) is 2.54. The molecular formula is C16H24N4O2. The van der Waals surface area contributed by atoms with Crippen LogP contribution in [0.2, 0.25) is 0 Å². The second-order valence-corrected chi connectivity index (χ2v) is 5.09. The first-order valence-corrected chi connectivity index (χ1v) is 7.25. The molecule has 0 fully saturated rings. The van der Waals surface area contributed by atoms with Crippen molar-refractivity contribution in [2.45, 2.75) is 12.5 Å². The third kappa shape index (κ3) is 4.08. The first-order valence-electron chi connectivity index (χ1n) is 7.25. The summed E-state index contributed by atoms with van der Waals surface area (Å²) in [5.41, 5.74) is 13.9. The normalized spacial score (nSPS) is 17.5. The fourth-order valence-electron chi connectivity index (χ4n) is 2.33. The van der Waals surface area contributed by atoms with Crippen LogP contribution in [0.15, 0.2) is 41.8 Å². The Bertz CT molecular complexity index is 569. The van der Waals surface area contributed by atoms with E-state index in [2.05, 4.69) is 16.7 Å². The van der Waals surface area contributed by atoms with Gasteiger partial charge in [-0.25, -0.2) is 0 Å². The quantitative estimate of drug-likeness (QED) is 0.450. The van der Waals surface area contributed by atoms with Crippen molar-refractivity contribution in [2.24, 2.45) is 5.73 Å². The molecule has 1 aliphatic carbocycles. The average molecular weight is 304 g/mol. The zero-order valence-electron chi connectivity index (χ0n) is 13.1. The molecule has 6 N–H and O–H groups in total. The Balaban J connectivity index is 1.75. The molecule has 2 rings (SSSR count). The Morgan fingerprint density at radius 2 is 2.00 bits per heavy atom. The highest BCUT2D eigenvalue weighted by atomic mass is 16.5. The van der Waals surface area contributed by atoms with Crippen molar-refractivity contribution in [3.05, 3.63) is 41.8 Å². The van der Waals surface area contributed by atoms with Gasteiger partial charge in [0.2, 0.25) is 0 Å². The van der Waals surface area contributed by atoms with Crippen molar-refractivity contribution in [2.75, 3.05) is 38.4 Å². The van der Waals surface area contributed by atoms with Crippen LogP contribution in [0.25, 0.3) is 0 Å². The largest absolute Gasteiger partial charge is 0.499 e. The van der Waals surface area contributed by atoms with Crippen molar-refractivity contribution in [1.82, 2.24) is 5.32 Å². The molecule has 0 radical (unpaired) electrons. The van der Waals surface area contributed by atoms with Gasteiger partial charge in [-0.1, -0.05) is 6.08 Å². The first-order chi connectivity index (χ1) is 10.6. The van der Waals surface area contributed by atoms with Gasteiger partial charge in [0.05, 0.1) is 25.6 Å². The van der Waals surface area contributed by atoms with E-state index in [1.54, 1.807) is 14.2 Å². The van der Waals surface area contributed by atoms with Crippen molar-refractivity contribution in [3.8, 4) is 5.75 Å². The number of allylic oxidation sites excluding steroid dienone is 1. The number of ether oxygens (including phenoxy) is 2. The summed E-state index contributed by atoms with van der Waals surface area (Å²) in [4.78, 5) is 0. The van der Waals surface area contributed by atoms with Crippen LogP contribution in [0, 0.1) is 0 Å². The molecule has 22 heavy (non-hydrogen) atoms. The third-order valence-corrected chi connectivity index (χ3v) is 3.58. The van der Waals surface area contributed by atoms with Crippen molar-refractivity contribution >= 4 is 11.4 Å². The highest BCUT2D eigenvalue weighted by Crippen LogP contribution is 2.24. The van der Waals surface area contributed by atoms with E-state index in [1.165, 1.54) is 0 Å². The van der Waals surface area contributed by atoms with Crippen LogP contribution in [0.5, 0.6) is 5.75 Å². The molecule has 120 valence electrons. The lowest BCUT2D eigenvalue weighted by Crippen LogP contribution is -2.34. The molecule has 1 unspecified atom stereocenters. The molecule has 1 atom stereocenters. The number of anilines is 2. The summed E-state index contributed by atoms with van der Waals surface area (Å²) in [7, 11) is 3.26. The van der Waals surface area contributed by atoms with Gasteiger partial charge in [-0.2, -0.15) is 0 Å². The summed E-state index contributed by atoms with van der Waals surface area (Å²) in [5, 5.41) is 6.77. The molecule has 0 spiro atoms. The number of hydrogen-bond acceptors (Lipinski definition) is 6. The summed E-state index contributed by atoms with van der Waals surface area (Å²) in [6, 6.07) is 5.90. The van der Waals surface area contributed by atoms with E-state index < -0.39 is 0 Å². The summed E-state index contributed by atoms with van der Waals surface area (Å²) < 4.78 is 10.5. The monoisotopic (exact) mass is 304 g/mol. The van der Waals surface area contributed by atoms with E-state index >= 15 is 0 Å². The molecule has 6 heteroatoms. The summed E-state index contributed by atoms with van der Waals surface area (Å²) in [6.45, 7) is 1.61. The second-order valence-electron chi connectivity index (χ2n) is 5.09. The van der Waals surface area contributed by atoms with Gasteiger partial charge in [0, 0.05) is 37.3 Å². The molecule has 1 aromatic carbocycles. The van der Waals surface area contributed by atoms with E-state index in [0.29, 0.717) is 17.1 Å². The van der Waals surface area contributed by atoms with Crippen LogP contribution >= 0.6 is 0 Å². The Hall–Kier alpha value is -2.34. The predicted octanol–water partition coefficient (Wildman–Crippen LogP) is 1.42. The van der Waals surface area contributed by atoms with Crippen LogP contribution in [0.3, 0.4) is 0 Å². The first kappa shape index (κ1) is 16.0. The lowest BCUT2D eigenvalue weighted by molar-refractivity contribution is 0.263. The molecule has 0 aliphatic heterocycles. The van der Waals surface area contributed by atoms with Crippen molar-refractivity contribution in [1.29, 1.82) is 0 Å². The van der Waals surface area contributed by atoms with Gasteiger partial charge in [-0.05, 0) is 18.2 Å². The number of methoxy groups -OCH3 is 2. The molecular weight excluding hydrogens is 280 g/mol. The minimum Gasteiger partial charge on any atom is -0.499 e. The van der Waals surface area contributed by atoms with E-state index in [9.17, 15) is 0 Å². The Kier molecular flexibility index (Phi) is 5.55. The maximum Gasteiger partial charge on any atom is 0.143 e. The Morgan fingerprint density at radius 1 is 1.18 bits per heavy atom. The molecule has 6 nitrogen and oxygen atoms in total. The minimum absolute atomic E-state index is 0.241. The van der Waals surface area contributed by atoms with Crippen molar-refractivity contribution < 1.29 is 9.47 Å². The predicted molar refractivity (Wildman–Crippen MR) is 89.7 cm³/mol. The third-order valence-electron chi connectivity index (χ3n) is 3.58. The van der Waals surface area contributed by atoms with Gasteiger partial charge >= 0.3 is 0 Å². The number of benzene rings is 1. The summed E-state index contributed by atoms with van der Waals surface area (Å²) in [6.07, 6.45) is 4.72. The number of hydrogen-bond donors (Lipinski definition) is 4. The standard InChI is InChI=1S/C16H24N4O2/c1-21-15-9-11(3-5-13(15)17)19-7-8-20-12-4-6-14(18)16(10-12)22-2/h3-6,9,12,19-20H,7-8,10,17-18H2,1-2H3. The van der Waals surface area contributed by atoms with E-state index in [0.717, 1.165) is 31.0 Å². The van der Waals surface area contributed by atoms with Crippen LogP contribution in [-0.4, -0.2) is 33.4 Å². The number of rotatable bonds is 7. The Labute approximate surface area is 131 Å². The van der Waals surface area contributed by atoms with Crippen LogP contribution in [-0.2, 0) is 4.74 Å². The lowest BCUT2D eigenvalue weighted by Gasteiger charge is -2.21.